The largest absolute Gasteiger partial charge is 0.493 e. The van der Waals surface area contributed by atoms with Crippen LogP contribution in [-0.2, 0) is 16.0 Å². The molecule has 0 aromatic heterocycles. The maximum absolute atomic E-state index is 13.5. The van der Waals surface area contributed by atoms with Crippen LogP contribution in [-0.4, -0.2) is 37.2 Å². The van der Waals surface area contributed by atoms with Crippen molar-refractivity contribution in [2.45, 2.75) is 50.9 Å². The number of halogens is 1. The number of Topliss-reactive ketones (excluding diaryl/α,β-unsaturated/α-hetero) is 2. The number of benzene rings is 2. The lowest BCUT2D eigenvalue weighted by Crippen LogP contribution is -2.40. The Labute approximate surface area is 211 Å². The molecule has 1 heterocycles. The van der Waals surface area contributed by atoms with Crippen LogP contribution in [0.15, 0.2) is 65.0 Å². The fraction of sp³-hybridized carbons (Fsp3) is 0.379. The van der Waals surface area contributed by atoms with Crippen molar-refractivity contribution >= 4 is 23.2 Å². The van der Waals surface area contributed by atoms with Gasteiger partial charge in [0.2, 0.25) is 0 Å². The molecule has 2 aromatic carbocycles. The van der Waals surface area contributed by atoms with Gasteiger partial charge >= 0.3 is 0 Å². The molecular weight excluding hydrogens is 462 g/mol. The molecule has 6 heteroatoms. The van der Waals surface area contributed by atoms with E-state index in [1.54, 1.807) is 14.2 Å². The summed E-state index contributed by atoms with van der Waals surface area (Å²) in [6.45, 7) is 0.752. The van der Waals surface area contributed by atoms with E-state index in [0.717, 1.165) is 66.8 Å². The van der Waals surface area contributed by atoms with Gasteiger partial charge in [0.25, 0.3) is 0 Å². The van der Waals surface area contributed by atoms with Crippen LogP contribution in [0.4, 0.5) is 0 Å². The van der Waals surface area contributed by atoms with Gasteiger partial charge in [0.1, 0.15) is 0 Å². The molecule has 0 bridgehead atoms. The Bertz CT molecular complexity index is 1190. The quantitative estimate of drug-likeness (QED) is 0.495. The number of rotatable bonds is 6. The Balaban J connectivity index is 1.66. The smallest absolute Gasteiger partial charge is 0.179 e. The van der Waals surface area contributed by atoms with Gasteiger partial charge in [-0.05, 0) is 55.4 Å². The Hall–Kier alpha value is -3.05. The fourth-order valence-electron chi connectivity index (χ4n) is 5.81. The summed E-state index contributed by atoms with van der Waals surface area (Å²) in [5.74, 6) is 0.767. The van der Waals surface area contributed by atoms with Gasteiger partial charge in [-0.2, -0.15) is 0 Å². The number of hydrogen-bond acceptors (Lipinski definition) is 5. The monoisotopic (exact) mass is 491 g/mol. The van der Waals surface area contributed by atoms with Crippen molar-refractivity contribution in [2.75, 3.05) is 20.8 Å². The van der Waals surface area contributed by atoms with Crippen LogP contribution >= 0.6 is 11.6 Å². The predicted molar refractivity (Wildman–Crippen MR) is 136 cm³/mol. The fourth-order valence-corrected chi connectivity index (χ4v) is 6.11. The van der Waals surface area contributed by atoms with Crippen molar-refractivity contribution < 1.29 is 19.1 Å². The van der Waals surface area contributed by atoms with E-state index < -0.39 is 5.92 Å². The van der Waals surface area contributed by atoms with Crippen LogP contribution in [0.25, 0.3) is 0 Å². The van der Waals surface area contributed by atoms with Gasteiger partial charge in [-0.3, -0.25) is 9.59 Å². The summed E-state index contributed by atoms with van der Waals surface area (Å²) in [4.78, 5) is 29.2. The summed E-state index contributed by atoms with van der Waals surface area (Å²) >= 11 is 6.58. The molecule has 0 saturated carbocycles. The van der Waals surface area contributed by atoms with Crippen molar-refractivity contribution in [2.24, 2.45) is 0 Å². The van der Waals surface area contributed by atoms with Gasteiger partial charge in [-0.15, -0.1) is 0 Å². The molecular formula is C29H30ClNO4. The highest BCUT2D eigenvalue weighted by Crippen LogP contribution is 2.51. The van der Waals surface area contributed by atoms with Crippen LogP contribution < -0.4 is 9.47 Å². The molecule has 2 aliphatic carbocycles. The Kier molecular flexibility index (Phi) is 6.70. The van der Waals surface area contributed by atoms with E-state index >= 15 is 0 Å². The second-order valence-corrected chi connectivity index (χ2v) is 9.74. The van der Waals surface area contributed by atoms with Gasteiger partial charge in [-0.1, -0.05) is 41.9 Å². The molecule has 0 fully saturated rings. The molecule has 0 N–H and O–H groups in total. The molecule has 3 aliphatic rings. The molecule has 0 amide bonds. The minimum absolute atomic E-state index is 0.122. The normalized spacial score (nSPS) is 18.5. The minimum Gasteiger partial charge on any atom is -0.493 e. The maximum Gasteiger partial charge on any atom is 0.179 e. The summed E-state index contributed by atoms with van der Waals surface area (Å²) in [6.07, 6.45) is 5.17. The highest BCUT2D eigenvalue weighted by Gasteiger charge is 2.43. The molecule has 5 nitrogen and oxygen atoms in total. The average Bonchev–Trinajstić information content (AvgIpc) is 2.87. The first-order valence-corrected chi connectivity index (χ1v) is 12.7. The zero-order chi connectivity index (χ0) is 24.5. The minimum atomic E-state index is -0.425. The van der Waals surface area contributed by atoms with Gasteiger partial charge in [0, 0.05) is 47.8 Å². The zero-order valence-corrected chi connectivity index (χ0v) is 21.0. The van der Waals surface area contributed by atoms with Gasteiger partial charge in [0.05, 0.1) is 19.2 Å². The number of ether oxygens (including phenoxy) is 2. The number of hydrogen-bond donors (Lipinski definition) is 0. The van der Waals surface area contributed by atoms with E-state index in [9.17, 15) is 9.59 Å². The predicted octanol–water partition coefficient (Wildman–Crippen LogP) is 6.01. The number of nitrogens with zero attached hydrogens (tertiary/aromatic N) is 1. The molecule has 182 valence electrons. The van der Waals surface area contributed by atoms with E-state index in [4.69, 9.17) is 21.1 Å². The molecule has 0 saturated heterocycles. The first-order valence-electron chi connectivity index (χ1n) is 12.3. The first kappa shape index (κ1) is 23.7. The second kappa shape index (κ2) is 9.90. The van der Waals surface area contributed by atoms with Crippen LogP contribution in [0, 0.1) is 0 Å². The van der Waals surface area contributed by atoms with Crippen molar-refractivity contribution in [3.63, 3.8) is 0 Å². The van der Waals surface area contributed by atoms with Crippen molar-refractivity contribution in [3.05, 3.63) is 81.2 Å². The van der Waals surface area contributed by atoms with E-state index in [-0.39, 0.29) is 11.6 Å². The second-order valence-electron chi connectivity index (χ2n) is 9.33. The number of carbonyl (C=O) groups excluding carboxylic acids is 2. The van der Waals surface area contributed by atoms with Crippen LogP contribution in [0.2, 0.25) is 5.02 Å². The van der Waals surface area contributed by atoms with Crippen molar-refractivity contribution in [3.8, 4) is 11.5 Å². The van der Waals surface area contributed by atoms with Crippen molar-refractivity contribution in [1.82, 2.24) is 4.90 Å². The zero-order valence-electron chi connectivity index (χ0n) is 20.2. The maximum atomic E-state index is 13.5. The SMILES string of the molecule is COc1cc(C2C3=C(CCCC3=O)N(CCc3ccccc3)C3=C2C(=O)CCC3)cc(Cl)c1OC. The molecule has 35 heavy (non-hydrogen) atoms. The van der Waals surface area contributed by atoms with E-state index in [2.05, 4.69) is 17.0 Å². The highest BCUT2D eigenvalue weighted by molar-refractivity contribution is 6.32. The average molecular weight is 492 g/mol. The first-order chi connectivity index (χ1) is 17.0. The number of ketones is 2. The van der Waals surface area contributed by atoms with E-state index in [0.29, 0.717) is 29.4 Å². The van der Waals surface area contributed by atoms with Crippen molar-refractivity contribution in [1.29, 1.82) is 0 Å². The standard InChI is InChI=1S/C29H30ClNO4/c1-34-25-17-19(16-20(30)29(25)35-2)26-27-21(10-6-12-23(27)32)31(15-14-18-8-4-3-5-9-18)22-11-7-13-24(33)28(22)26/h3-5,8-9,16-17,26H,6-7,10-15H2,1-2H3. The lowest BCUT2D eigenvalue weighted by molar-refractivity contribution is -0.117. The number of methoxy groups -OCH3 is 2. The number of allylic oxidation sites excluding steroid dienone is 4. The molecule has 0 spiro atoms. The van der Waals surface area contributed by atoms with Gasteiger partial charge in [0.15, 0.2) is 23.1 Å². The molecule has 0 atom stereocenters. The Morgan fingerprint density at radius 3 is 2.09 bits per heavy atom. The Morgan fingerprint density at radius 2 is 1.51 bits per heavy atom. The van der Waals surface area contributed by atoms with Crippen LogP contribution in [0.1, 0.15) is 55.6 Å². The molecule has 0 unspecified atom stereocenters. The molecule has 2 aromatic rings. The van der Waals surface area contributed by atoms with Gasteiger partial charge < -0.3 is 14.4 Å². The molecule has 5 rings (SSSR count). The highest BCUT2D eigenvalue weighted by atomic mass is 35.5. The van der Waals surface area contributed by atoms with Gasteiger partial charge in [-0.25, -0.2) is 0 Å². The topological polar surface area (TPSA) is 55.8 Å². The summed E-state index contributed by atoms with van der Waals surface area (Å²) in [6, 6.07) is 14.1. The molecule has 1 aliphatic heterocycles. The summed E-state index contributed by atoms with van der Waals surface area (Å²) < 4.78 is 11.0. The summed E-state index contributed by atoms with van der Waals surface area (Å²) in [5, 5.41) is 0.407. The lowest BCUT2D eigenvalue weighted by Gasteiger charge is -2.44. The van der Waals surface area contributed by atoms with E-state index in [1.165, 1.54) is 5.56 Å². The third-order valence-corrected chi connectivity index (χ3v) is 7.62. The third kappa shape index (κ3) is 4.27. The third-order valence-electron chi connectivity index (χ3n) is 7.34. The summed E-state index contributed by atoms with van der Waals surface area (Å²) in [5.41, 5.74) is 5.70. The lowest BCUT2D eigenvalue weighted by atomic mass is 9.71. The Morgan fingerprint density at radius 1 is 0.886 bits per heavy atom. The molecule has 0 radical (unpaired) electrons. The number of carbonyl (C=O) groups is 2. The van der Waals surface area contributed by atoms with E-state index in [1.807, 2.05) is 30.3 Å². The van der Waals surface area contributed by atoms with Crippen LogP contribution in [0.5, 0.6) is 11.5 Å². The van der Waals surface area contributed by atoms with Crippen LogP contribution in [0.3, 0.4) is 0 Å². The summed E-state index contributed by atoms with van der Waals surface area (Å²) in [7, 11) is 3.11.